The number of rotatable bonds is 5. The lowest BCUT2D eigenvalue weighted by Gasteiger charge is -2.23. The Morgan fingerprint density at radius 2 is 2.00 bits per heavy atom. The second kappa shape index (κ2) is 6.12. The molecule has 0 aromatic rings. The fourth-order valence-corrected chi connectivity index (χ4v) is 2.22. The largest absolute Gasteiger partial charge is 0.444 e. The Balaban J connectivity index is 1.84. The number of nitrogens with zero attached hydrogens (tertiary/aromatic N) is 2. The fraction of sp³-hybridized carbons (Fsp3) is 0.867. The second-order valence-corrected chi connectivity index (χ2v) is 7.13. The molecule has 0 bridgehead atoms. The summed E-state index contributed by atoms with van der Waals surface area (Å²) in [5, 5.41) is 2.93. The Morgan fingerprint density at radius 1 is 1.38 bits per heavy atom. The zero-order chi connectivity index (χ0) is 15.6. The van der Waals surface area contributed by atoms with Crippen molar-refractivity contribution in [2.24, 2.45) is 16.6 Å². The van der Waals surface area contributed by atoms with E-state index in [1.165, 1.54) is 12.8 Å². The summed E-state index contributed by atoms with van der Waals surface area (Å²) in [6.45, 7) is 6.10. The first-order chi connectivity index (χ1) is 9.76. The maximum atomic E-state index is 11.9. The Kier molecular flexibility index (Phi) is 4.64. The first-order valence-corrected chi connectivity index (χ1v) is 7.78. The minimum absolute atomic E-state index is 0.0194. The highest BCUT2D eigenvalue weighted by atomic mass is 16.6. The summed E-state index contributed by atoms with van der Waals surface area (Å²) in [7, 11) is 1.98. The van der Waals surface area contributed by atoms with Crippen LogP contribution in [0.15, 0.2) is 4.99 Å². The van der Waals surface area contributed by atoms with Gasteiger partial charge in [0.2, 0.25) is 0 Å². The van der Waals surface area contributed by atoms with Crippen LogP contribution in [0.1, 0.15) is 46.5 Å². The zero-order valence-corrected chi connectivity index (χ0v) is 13.6. The number of carbonyl (C=O) groups is 1. The van der Waals surface area contributed by atoms with E-state index in [1.807, 2.05) is 32.7 Å². The van der Waals surface area contributed by atoms with Gasteiger partial charge in [0.15, 0.2) is 5.96 Å². The number of guanidine groups is 1. The lowest BCUT2D eigenvalue weighted by atomic mass is 10.2. The zero-order valence-electron chi connectivity index (χ0n) is 13.6. The third-order valence-corrected chi connectivity index (χ3v) is 3.80. The highest BCUT2D eigenvalue weighted by Gasteiger charge is 2.34. The molecule has 2 saturated carbocycles. The van der Waals surface area contributed by atoms with Crippen molar-refractivity contribution in [3.05, 3.63) is 0 Å². The average molecular weight is 296 g/mol. The van der Waals surface area contributed by atoms with Gasteiger partial charge in [-0.25, -0.2) is 4.79 Å². The van der Waals surface area contributed by atoms with Crippen LogP contribution in [-0.4, -0.2) is 48.2 Å². The number of hydrogen-bond acceptors (Lipinski definition) is 3. The third kappa shape index (κ3) is 5.44. The van der Waals surface area contributed by atoms with Gasteiger partial charge in [0.1, 0.15) is 5.60 Å². The molecule has 6 heteroatoms. The maximum Gasteiger partial charge on any atom is 0.407 e. The Morgan fingerprint density at radius 3 is 2.48 bits per heavy atom. The van der Waals surface area contributed by atoms with Gasteiger partial charge in [0.05, 0.1) is 12.6 Å². The molecule has 0 aromatic carbocycles. The molecule has 0 spiro atoms. The SMILES string of the molecule is CN(C(N)=NCC(NC(=O)OC(C)(C)C)C1CC1)C1CC1. The van der Waals surface area contributed by atoms with E-state index in [1.54, 1.807) is 0 Å². The molecule has 3 N–H and O–H groups in total. The molecule has 2 aliphatic carbocycles. The molecule has 120 valence electrons. The van der Waals surface area contributed by atoms with Crippen molar-refractivity contribution in [3.63, 3.8) is 0 Å². The first-order valence-electron chi connectivity index (χ1n) is 7.78. The predicted molar refractivity (Wildman–Crippen MR) is 83.2 cm³/mol. The van der Waals surface area contributed by atoms with E-state index in [0.717, 1.165) is 12.8 Å². The molecule has 2 rings (SSSR count). The molecule has 0 aliphatic heterocycles. The number of alkyl carbamates (subject to hydrolysis) is 1. The van der Waals surface area contributed by atoms with Crippen molar-refractivity contribution < 1.29 is 9.53 Å². The van der Waals surface area contributed by atoms with E-state index in [0.29, 0.717) is 24.5 Å². The van der Waals surface area contributed by atoms with Crippen LogP contribution in [0, 0.1) is 5.92 Å². The highest BCUT2D eigenvalue weighted by molar-refractivity contribution is 5.78. The highest BCUT2D eigenvalue weighted by Crippen LogP contribution is 2.33. The standard InChI is InChI=1S/C15H28N4O2/c1-15(2,3)21-14(20)18-12(10-5-6-10)9-17-13(16)19(4)11-7-8-11/h10-12H,5-9H2,1-4H3,(H2,16,17)(H,18,20). The van der Waals surface area contributed by atoms with E-state index in [9.17, 15) is 4.79 Å². The van der Waals surface area contributed by atoms with Crippen molar-refractivity contribution in [2.75, 3.05) is 13.6 Å². The average Bonchev–Trinajstić information content (AvgIpc) is 3.23. The summed E-state index contributed by atoms with van der Waals surface area (Å²) in [5.74, 6) is 1.06. The molecule has 6 nitrogen and oxygen atoms in total. The predicted octanol–water partition coefficient (Wildman–Crippen LogP) is 1.70. The summed E-state index contributed by atoms with van der Waals surface area (Å²) in [6, 6.07) is 0.568. The van der Waals surface area contributed by atoms with Crippen LogP contribution in [0.3, 0.4) is 0 Å². The van der Waals surface area contributed by atoms with E-state index in [-0.39, 0.29) is 12.1 Å². The summed E-state index contributed by atoms with van der Waals surface area (Å²) in [5.41, 5.74) is 5.51. The molecular weight excluding hydrogens is 268 g/mol. The maximum absolute atomic E-state index is 11.9. The van der Waals surface area contributed by atoms with E-state index in [4.69, 9.17) is 10.5 Å². The fourth-order valence-electron chi connectivity index (χ4n) is 2.22. The van der Waals surface area contributed by atoms with E-state index < -0.39 is 5.60 Å². The lowest BCUT2D eigenvalue weighted by molar-refractivity contribution is 0.0500. The van der Waals surface area contributed by atoms with Crippen molar-refractivity contribution in [1.82, 2.24) is 10.2 Å². The minimum atomic E-state index is -0.479. The Labute approximate surface area is 127 Å². The lowest BCUT2D eigenvalue weighted by Crippen LogP contribution is -2.43. The molecule has 0 aromatic heterocycles. The number of nitrogens with one attached hydrogen (secondary N) is 1. The van der Waals surface area contributed by atoms with Gasteiger partial charge in [-0.1, -0.05) is 0 Å². The summed E-state index contributed by atoms with van der Waals surface area (Å²) >= 11 is 0. The first kappa shape index (κ1) is 15.9. The van der Waals surface area contributed by atoms with Crippen LogP contribution in [-0.2, 0) is 4.74 Å². The van der Waals surface area contributed by atoms with Crippen molar-refractivity contribution >= 4 is 12.1 Å². The topological polar surface area (TPSA) is 80.0 Å². The van der Waals surface area contributed by atoms with Crippen LogP contribution in [0.5, 0.6) is 0 Å². The monoisotopic (exact) mass is 296 g/mol. The minimum Gasteiger partial charge on any atom is -0.444 e. The third-order valence-electron chi connectivity index (χ3n) is 3.80. The number of hydrogen-bond donors (Lipinski definition) is 2. The Bertz CT molecular complexity index is 408. The molecule has 0 saturated heterocycles. The Hall–Kier alpha value is -1.46. The van der Waals surface area contributed by atoms with Crippen LogP contribution < -0.4 is 11.1 Å². The van der Waals surface area contributed by atoms with Crippen LogP contribution in [0.2, 0.25) is 0 Å². The second-order valence-electron chi connectivity index (χ2n) is 7.13. The van der Waals surface area contributed by atoms with Gasteiger partial charge in [-0.05, 0) is 52.4 Å². The summed E-state index contributed by atoms with van der Waals surface area (Å²) < 4.78 is 5.31. The summed E-state index contributed by atoms with van der Waals surface area (Å²) in [6.07, 6.45) is 4.27. The van der Waals surface area contributed by atoms with Gasteiger partial charge in [0, 0.05) is 13.1 Å². The smallest absolute Gasteiger partial charge is 0.407 e. The van der Waals surface area contributed by atoms with Gasteiger partial charge in [-0.15, -0.1) is 0 Å². The molecule has 21 heavy (non-hydrogen) atoms. The quantitative estimate of drug-likeness (QED) is 0.598. The number of ether oxygens (including phenoxy) is 1. The van der Waals surface area contributed by atoms with Gasteiger partial charge in [-0.3, -0.25) is 4.99 Å². The molecule has 2 aliphatic rings. The number of nitrogens with two attached hydrogens (primary N) is 1. The van der Waals surface area contributed by atoms with Crippen LogP contribution >= 0.6 is 0 Å². The van der Waals surface area contributed by atoms with Crippen molar-refractivity contribution in [1.29, 1.82) is 0 Å². The molecule has 1 unspecified atom stereocenters. The number of amides is 1. The molecule has 0 radical (unpaired) electrons. The molecule has 1 atom stereocenters. The van der Waals surface area contributed by atoms with Gasteiger partial charge in [0.25, 0.3) is 0 Å². The number of aliphatic imine (C=N–C) groups is 1. The molecular formula is C15H28N4O2. The van der Waals surface area contributed by atoms with E-state index >= 15 is 0 Å². The van der Waals surface area contributed by atoms with Crippen molar-refractivity contribution in [2.45, 2.75) is 64.1 Å². The van der Waals surface area contributed by atoms with Crippen molar-refractivity contribution in [3.8, 4) is 0 Å². The normalized spacial score (nSPS) is 20.9. The van der Waals surface area contributed by atoms with Crippen LogP contribution in [0.4, 0.5) is 4.79 Å². The molecule has 2 fully saturated rings. The van der Waals surface area contributed by atoms with Gasteiger partial charge < -0.3 is 20.7 Å². The molecule has 0 heterocycles. The number of carbonyl (C=O) groups excluding carboxylic acids is 1. The van der Waals surface area contributed by atoms with Gasteiger partial charge >= 0.3 is 6.09 Å². The van der Waals surface area contributed by atoms with Gasteiger partial charge in [-0.2, -0.15) is 0 Å². The molecule has 1 amide bonds. The van der Waals surface area contributed by atoms with Crippen LogP contribution in [0.25, 0.3) is 0 Å². The van der Waals surface area contributed by atoms with E-state index in [2.05, 4.69) is 10.3 Å². The summed E-state index contributed by atoms with van der Waals surface area (Å²) in [4.78, 5) is 18.3.